The van der Waals surface area contributed by atoms with Crippen LogP contribution in [0.25, 0.3) is 0 Å². The number of rotatable bonds is 10. The second-order valence-electron chi connectivity index (χ2n) is 4.15. The third kappa shape index (κ3) is 7.87. The molecule has 5 nitrogen and oxygen atoms in total. The molecule has 0 N–H and O–H groups in total. The first-order valence-electron chi connectivity index (χ1n) is 6.24. The van der Waals surface area contributed by atoms with Crippen LogP contribution in [0, 0.1) is 0 Å². The molecule has 19 heavy (non-hydrogen) atoms. The number of hydrogen-bond acceptors (Lipinski definition) is 5. The lowest BCUT2D eigenvalue weighted by atomic mass is 10.1. The molecule has 0 amide bonds. The third-order valence-corrected chi connectivity index (χ3v) is 2.63. The van der Waals surface area contributed by atoms with Gasteiger partial charge in [-0.05, 0) is 12.8 Å². The molecule has 0 fully saturated rings. The second kappa shape index (κ2) is 10.0. The van der Waals surface area contributed by atoms with Crippen molar-refractivity contribution in [3.8, 4) is 0 Å². The molecule has 0 radical (unpaired) electrons. The maximum absolute atomic E-state index is 10.2. The Hall–Kier alpha value is -1.96. The van der Waals surface area contributed by atoms with Gasteiger partial charge in [0.1, 0.15) is 0 Å². The van der Waals surface area contributed by atoms with Gasteiger partial charge in [-0.25, -0.2) is 19.6 Å². The summed E-state index contributed by atoms with van der Waals surface area (Å²) in [6.45, 7) is 11.4. The summed E-state index contributed by atoms with van der Waals surface area (Å²) in [4.78, 5) is 27.7. The van der Waals surface area contributed by atoms with Gasteiger partial charge in [-0.2, -0.15) is 0 Å². The summed E-state index contributed by atoms with van der Waals surface area (Å²) >= 11 is 0. The molecule has 5 heteroatoms. The summed E-state index contributed by atoms with van der Waals surface area (Å²) < 4.78 is 5.44. The predicted molar refractivity (Wildman–Crippen MR) is 73.0 cm³/mol. The lowest BCUT2D eigenvalue weighted by Crippen LogP contribution is -2.08. The molecule has 0 aliphatic carbocycles. The van der Waals surface area contributed by atoms with Gasteiger partial charge in [0, 0.05) is 12.8 Å². The summed E-state index contributed by atoms with van der Waals surface area (Å²) in [7, 11) is 0. The molecule has 0 aliphatic heterocycles. The highest BCUT2D eigenvalue weighted by Crippen LogP contribution is 2.18. The van der Waals surface area contributed by atoms with Crippen molar-refractivity contribution < 1.29 is 14.3 Å². The average molecular weight is 264 g/mol. The van der Waals surface area contributed by atoms with Crippen LogP contribution in [0.5, 0.6) is 0 Å². The van der Waals surface area contributed by atoms with Crippen molar-refractivity contribution in [1.29, 1.82) is 0 Å². The summed E-state index contributed by atoms with van der Waals surface area (Å²) in [5.41, 5.74) is 0. The summed E-state index contributed by atoms with van der Waals surface area (Å²) in [5.74, 6) is 0.974. The van der Waals surface area contributed by atoms with Gasteiger partial charge < -0.3 is 4.74 Å². The van der Waals surface area contributed by atoms with E-state index >= 15 is 0 Å². The quantitative estimate of drug-likeness (QED) is 0.346. The van der Waals surface area contributed by atoms with Crippen LogP contribution >= 0.6 is 0 Å². The Bertz CT molecular complexity index is 367. The van der Waals surface area contributed by atoms with Gasteiger partial charge in [0.25, 0.3) is 0 Å². The molecule has 104 valence electrons. The molecular weight excluding hydrogens is 244 g/mol. The lowest BCUT2D eigenvalue weighted by Gasteiger charge is -2.15. The van der Waals surface area contributed by atoms with Gasteiger partial charge in [-0.15, -0.1) is 0 Å². The van der Waals surface area contributed by atoms with Crippen LogP contribution < -0.4 is 0 Å². The van der Waals surface area contributed by atoms with Crippen molar-refractivity contribution in [2.24, 2.45) is 9.98 Å². The Kier molecular flexibility index (Phi) is 8.98. The Balaban J connectivity index is 4.28. The molecule has 0 saturated heterocycles. The van der Waals surface area contributed by atoms with E-state index < -0.39 is 0 Å². The Morgan fingerprint density at radius 3 is 1.63 bits per heavy atom. The van der Waals surface area contributed by atoms with Crippen LogP contribution in [0.15, 0.2) is 34.7 Å². The van der Waals surface area contributed by atoms with Crippen LogP contribution in [0.4, 0.5) is 0 Å². The second-order valence-corrected chi connectivity index (χ2v) is 4.15. The van der Waals surface area contributed by atoms with Crippen molar-refractivity contribution in [3.63, 3.8) is 0 Å². The van der Waals surface area contributed by atoms with Crippen LogP contribution in [0.2, 0.25) is 0 Å². The van der Waals surface area contributed by atoms with Crippen molar-refractivity contribution >= 4 is 12.2 Å². The first kappa shape index (κ1) is 17.0. The van der Waals surface area contributed by atoms with Crippen LogP contribution in [0.3, 0.4) is 0 Å². The van der Waals surface area contributed by atoms with E-state index in [2.05, 4.69) is 23.1 Å². The van der Waals surface area contributed by atoms with Crippen LogP contribution in [-0.2, 0) is 14.3 Å². The molecule has 0 rings (SSSR count). The van der Waals surface area contributed by atoms with E-state index in [1.807, 2.05) is 13.8 Å². The van der Waals surface area contributed by atoms with E-state index in [-0.39, 0.29) is 12.1 Å². The molecule has 0 aromatic carbocycles. The molecule has 0 heterocycles. The van der Waals surface area contributed by atoms with Crippen LogP contribution in [-0.4, -0.2) is 24.2 Å². The standard InChI is InChI=1S/C14H20N2O3/c1-5-13(15-9-17)7-11(3)19-12(4)8-14(6-2)16-10-18/h13-14H,3-8H2,1-2H3. The monoisotopic (exact) mass is 264 g/mol. The van der Waals surface area contributed by atoms with Crippen molar-refractivity contribution in [2.75, 3.05) is 0 Å². The first-order chi connectivity index (χ1) is 9.07. The molecule has 0 aromatic heterocycles. The minimum absolute atomic E-state index is 0.173. The Labute approximate surface area is 113 Å². The maximum atomic E-state index is 10.2. The number of carbonyl (C=O) groups excluding carboxylic acids is 2. The minimum atomic E-state index is -0.173. The zero-order valence-electron chi connectivity index (χ0n) is 11.5. The summed E-state index contributed by atoms with van der Waals surface area (Å²) in [6, 6.07) is -0.347. The molecule has 0 aromatic rings. The van der Waals surface area contributed by atoms with Crippen LogP contribution in [0.1, 0.15) is 39.5 Å². The third-order valence-electron chi connectivity index (χ3n) is 2.63. The zero-order chi connectivity index (χ0) is 14.7. The van der Waals surface area contributed by atoms with Gasteiger partial charge in [0.2, 0.25) is 12.2 Å². The van der Waals surface area contributed by atoms with Gasteiger partial charge >= 0.3 is 0 Å². The van der Waals surface area contributed by atoms with Gasteiger partial charge in [0.15, 0.2) is 0 Å². The van der Waals surface area contributed by atoms with E-state index in [9.17, 15) is 9.59 Å². The van der Waals surface area contributed by atoms with E-state index in [0.717, 1.165) is 0 Å². The van der Waals surface area contributed by atoms with E-state index in [4.69, 9.17) is 4.74 Å². The molecular formula is C14H20N2O3. The largest absolute Gasteiger partial charge is 0.467 e. The molecule has 0 aliphatic rings. The Morgan fingerprint density at radius 2 is 1.37 bits per heavy atom. The normalized spacial score (nSPS) is 12.5. The Morgan fingerprint density at radius 1 is 1.00 bits per heavy atom. The van der Waals surface area contributed by atoms with E-state index in [0.29, 0.717) is 37.2 Å². The number of hydrogen-bond donors (Lipinski definition) is 0. The van der Waals surface area contributed by atoms with E-state index in [1.165, 1.54) is 12.2 Å². The highest BCUT2D eigenvalue weighted by Gasteiger charge is 2.11. The molecule has 0 bridgehead atoms. The molecule has 0 saturated carbocycles. The minimum Gasteiger partial charge on any atom is -0.467 e. The topological polar surface area (TPSA) is 68.1 Å². The predicted octanol–water partition coefficient (Wildman–Crippen LogP) is 3.04. The fraction of sp³-hybridized carbons (Fsp3) is 0.571. The van der Waals surface area contributed by atoms with Gasteiger partial charge in [-0.3, -0.25) is 0 Å². The van der Waals surface area contributed by atoms with Gasteiger partial charge in [-0.1, -0.05) is 27.0 Å². The number of nitrogens with zero attached hydrogens (tertiary/aromatic N) is 2. The average Bonchev–Trinajstić information content (AvgIpc) is 2.37. The smallest absolute Gasteiger partial charge is 0.235 e. The highest BCUT2D eigenvalue weighted by atomic mass is 16.5. The molecule has 2 unspecified atom stereocenters. The molecule has 0 spiro atoms. The number of ether oxygens (including phenoxy) is 1. The fourth-order valence-corrected chi connectivity index (χ4v) is 1.52. The SMILES string of the molecule is C=C(CC(CC)N=C=O)OC(=C)CC(CC)N=C=O. The van der Waals surface area contributed by atoms with Crippen molar-refractivity contribution in [1.82, 2.24) is 0 Å². The maximum Gasteiger partial charge on any atom is 0.235 e. The summed E-state index contributed by atoms with van der Waals surface area (Å²) in [6.07, 6.45) is 5.36. The first-order valence-corrected chi connectivity index (χ1v) is 6.24. The van der Waals surface area contributed by atoms with Crippen molar-refractivity contribution in [3.05, 3.63) is 24.7 Å². The van der Waals surface area contributed by atoms with Gasteiger partial charge in [0.05, 0.1) is 23.6 Å². The highest BCUT2D eigenvalue weighted by molar-refractivity contribution is 5.34. The fourth-order valence-electron chi connectivity index (χ4n) is 1.52. The summed E-state index contributed by atoms with van der Waals surface area (Å²) in [5, 5.41) is 0. The molecule has 2 atom stereocenters. The van der Waals surface area contributed by atoms with E-state index in [1.54, 1.807) is 0 Å². The van der Waals surface area contributed by atoms with Crippen molar-refractivity contribution in [2.45, 2.75) is 51.6 Å². The zero-order valence-corrected chi connectivity index (χ0v) is 11.5. The number of isocyanates is 2. The lowest BCUT2D eigenvalue weighted by molar-refractivity contribution is 0.266. The number of aliphatic imine (C=N–C) groups is 2.